The number of fused-ring (bicyclic) bond motifs is 1. The third-order valence-corrected chi connectivity index (χ3v) is 3.67. The Kier molecular flexibility index (Phi) is 2.58. The minimum absolute atomic E-state index is 0.208. The van der Waals surface area contributed by atoms with E-state index in [-0.39, 0.29) is 11.8 Å². The fourth-order valence-electron chi connectivity index (χ4n) is 2.30. The molecule has 1 aromatic rings. The van der Waals surface area contributed by atoms with Crippen LogP contribution in [-0.4, -0.2) is 30.3 Å². The molecular formula is C14H16N2O2. The van der Waals surface area contributed by atoms with Gasteiger partial charge in [0.2, 0.25) is 0 Å². The lowest BCUT2D eigenvalue weighted by Crippen LogP contribution is -2.24. The molecule has 0 atom stereocenters. The van der Waals surface area contributed by atoms with Crippen molar-refractivity contribution in [2.45, 2.75) is 19.3 Å². The molecule has 0 bridgehead atoms. The topological polar surface area (TPSA) is 49.4 Å². The number of benzene rings is 1. The van der Waals surface area contributed by atoms with Crippen molar-refractivity contribution in [3.8, 4) is 0 Å². The van der Waals surface area contributed by atoms with Gasteiger partial charge in [-0.15, -0.1) is 0 Å². The fraction of sp³-hybridized carbons (Fsp3) is 0.429. The molecule has 2 amide bonds. The molecule has 1 heterocycles. The maximum Gasteiger partial charge on any atom is 0.261 e. The predicted octanol–water partition coefficient (Wildman–Crippen LogP) is 2.12. The minimum atomic E-state index is -0.209. The van der Waals surface area contributed by atoms with E-state index in [1.54, 1.807) is 12.1 Å². The number of carbonyl (C=O) groups is 2. The highest BCUT2D eigenvalue weighted by atomic mass is 16.2. The third kappa shape index (κ3) is 1.88. The van der Waals surface area contributed by atoms with Crippen LogP contribution in [0.25, 0.3) is 0 Å². The van der Waals surface area contributed by atoms with Crippen molar-refractivity contribution < 1.29 is 9.59 Å². The summed E-state index contributed by atoms with van der Waals surface area (Å²) < 4.78 is 0. The summed E-state index contributed by atoms with van der Waals surface area (Å²) in [6, 6.07) is 5.39. The van der Waals surface area contributed by atoms with Crippen molar-refractivity contribution in [2.24, 2.45) is 5.92 Å². The van der Waals surface area contributed by atoms with Crippen LogP contribution in [0.5, 0.6) is 0 Å². The zero-order chi connectivity index (χ0) is 12.7. The van der Waals surface area contributed by atoms with Crippen molar-refractivity contribution in [3.05, 3.63) is 29.3 Å². The van der Waals surface area contributed by atoms with Gasteiger partial charge in [-0.1, -0.05) is 12.8 Å². The fourth-order valence-corrected chi connectivity index (χ4v) is 2.30. The van der Waals surface area contributed by atoms with Gasteiger partial charge in [0.15, 0.2) is 0 Å². The summed E-state index contributed by atoms with van der Waals surface area (Å²) in [5, 5.41) is 3.31. The minimum Gasteiger partial charge on any atom is -0.385 e. The molecule has 3 rings (SSSR count). The number of hydrogen-bond acceptors (Lipinski definition) is 3. The summed E-state index contributed by atoms with van der Waals surface area (Å²) in [5.74, 6) is 0.474. The van der Waals surface area contributed by atoms with Crippen LogP contribution in [0.2, 0.25) is 0 Å². The molecule has 1 saturated carbocycles. The lowest BCUT2D eigenvalue weighted by molar-refractivity contribution is 0.0693. The van der Waals surface area contributed by atoms with Gasteiger partial charge in [-0.3, -0.25) is 14.5 Å². The van der Waals surface area contributed by atoms with Gasteiger partial charge in [-0.2, -0.15) is 0 Å². The number of amides is 2. The Morgan fingerprint density at radius 3 is 2.67 bits per heavy atom. The van der Waals surface area contributed by atoms with Gasteiger partial charge in [0, 0.05) is 19.3 Å². The number of hydrogen-bond donors (Lipinski definition) is 1. The summed E-state index contributed by atoms with van der Waals surface area (Å²) in [6.45, 7) is 0.932. The Hall–Kier alpha value is -1.84. The largest absolute Gasteiger partial charge is 0.385 e. The van der Waals surface area contributed by atoms with Crippen LogP contribution in [0.4, 0.5) is 5.69 Å². The summed E-state index contributed by atoms with van der Waals surface area (Å²) >= 11 is 0. The van der Waals surface area contributed by atoms with Crippen LogP contribution < -0.4 is 5.32 Å². The zero-order valence-corrected chi connectivity index (χ0v) is 10.4. The molecule has 1 aliphatic heterocycles. The summed E-state index contributed by atoms with van der Waals surface area (Å²) in [6.07, 6.45) is 3.89. The van der Waals surface area contributed by atoms with E-state index in [1.807, 2.05) is 6.07 Å². The molecule has 4 nitrogen and oxygen atoms in total. The molecule has 0 aromatic heterocycles. The second-order valence-corrected chi connectivity index (χ2v) is 5.09. The summed E-state index contributed by atoms with van der Waals surface area (Å²) in [7, 11) is 1.52. The molecule has 1 fully saturated rings. The number of carbonyl (C=O) groups excluding carboxylic acids is 2. The molecule has 2 aliphatic rings. The van der Waals surface area contributed by atoms with Crippen molar-refractivity contribution in [1.29, 1.82) is 0 Å². The van der Waals surface area contributed by atoms with E-state index in [4.69, 9.17) is 0 Å². The Morgan fingerprint density at radius 2 is 1.94 bits per heavy atom. The van der Waals surface area contributed by atoms with Gasteiger partial charge < -0.3 is 5.32 Å². The molecule has 18 heavy (non-hydrogen) atoms. The lowest BCUT2D eigenvalue weighted by Gasteiger charge is -2.06. The number of imide groups is 1. The molecule has 1 aromatic carbocycles. The second-order valence-electron chi connectivity index (χ2n) is 5.09. The van der Waals surface area contributed by atoms with Crippen LogP contribution >= 0.6 is 0 Å². The monoisotopic (exact) mass is 244 g/mol. The summed E-state index contributed by atoms with van der Waals surface area (Å²) in [4.78, 5) is 24.7. The summed E-state index contributed by atoms with van der Waals surface area (Å²) in [5.41, 5.74) is 1.94. The molecule has 1 aliphatic carbocycles. The average molecular weight is 244 g/mol. The van der Waals surface area contributed by atoms with Gasteiger partial charge >= 0.3 is 0 Å². The van der Waals surface area contributed by atoms with Crippen molar-refractivity contribution in [2.75, 3.05) is 18.9 Å². The maximum atomic E-state index is 11.8. The Labute approximate surface area is 106 Å². The Bertz CT molecular complexity index is 521. The molecule has 94 valence electrons. The molecular weight excluding hydrogens is 228 g/mol. The quantitative estimate of drug-likeness (QED) is 0.825. The van der Waals surface area contributed by atoms with Gasteiger partial charge in [-0.05, 0) is 30.5 Å². The van der Waals surface area contributed by atoms with Gasteiger partial charge in [0.05, 0.1) is 11.1 Å². The Morgan fingerprint density at radius 1 is 1.22 bits per heavy atom. The van der Waals surface area contributed by atoms with E-state index < -0.39 is 0 Å². The zero-order valence-electron chi connectivity index (χ0n) is 10.4. The standard InChI is InChI=1S/C14H16N2O2/c1-16-13(17)11-5-4-10(8-12(11)14(16)18)15-7-6-9-2-3-9/h4-5,8-9,15H,2-3,6-7H2,1H3. The molecule has 1 N–H and O–H groups in total. The van der Waals surface area contributed by atoms with E-state index in [2.05, 4.69) is 5.32 Å². The van der Waals surface area contributed by atoms with Crippen LogP contribution in [0.1, 0.15) is 40.0 Å². The van der Waals surface area contributed by atoms with Crippen LogP contribution in [-0.2, 0) is 0 Å². The first-order valence-corrected chi connectivity index (χ1v) is 6.37. The third-order valence-electron chi connectivity index (χ3n) is 3.67. The van der Waals surface area contributed by atoms with Crippen molar-refractivity contribution in [3.63, 3.8) is 0 Å². The van der Waals surface area contributed by atoms with Crippen LogP contribution in [0, 0.1) is 5.92 Å². The molecule has 0 unspecified atom stereocenters. The van der Waals surface area contributed by atoms with Crippen molar-refractivity contribution >= 4 is 17.5 Å². The number of anilines is 1. The van der Waals surface area contributed by atoms with Gasteiger partial charge in [-0.25, -0.2) is 0 Å². The van der Waals surface area contributed by atoms with Gasteiger partial charge in [0.1, 0.15) is 0 Å². The van der Waals surface area contributed by atoms with Crippen molar-refractivity contribution in [1.82, 2.24) is 4.90 Å². The predicted molar refractivity (Wildman–Crippen MR) is 68.7 cm³/mol. The smallest absolute Gasteiger partial charge is 0.261 e. The molecule has 4 heteroatoms. The first kappa shape index (κ1) is 11.3. The number of nitrogens with one attached hydrogen (secondary N) is 1. The highest BCUT2D eigenvalue weighted by molar-refractivity contribution is 6.21. The average Bonchev–Trinajstić information content (AvgIpc) is 3.17. The van der Waals surface area contributed by atoms with Crippen LogP contribution in [0.3, 0.4) is 0 Å². The first-order chi connectivity index (χ1) is 8.66. The lowest BCUT2D eigenvalue weighted by atomic mass is 10.1. The highest BCUT2D eigenvalue weighted by Gasteiger charge is 2.32. The normalized spacial score (nSPS) is 18.2. The maximum absolute atomic E-state index is 11.8. The highest BCUT2D eigenvalue weighted by Crippen LogP contribution is 2.32. The van der Waals surface area contributed by atoms with E-state index in [9.17, 15) is 9.59 Å². The second kappa shape index (κ2) is 4.12. The van der Waals surface area contributed by atoms with E-state index in [0.717, 1.165) is 18.2 Å². The van der Waals surface area contributed by atoms with E-state index >= 15 is 0 Å². The molecule has 0 saturated heterocycles. The van der Waals surface area contributed by atoms with E-state index in [0.29, 0.717) is 11.1 Å². The molecule has 0 spiro atoms. The Balaban J connectivity index is 1.74. The molecule has 0 radical (unpaired) electrons. The van der Waals surface area contributed by atoms with E-state index in [1.165, 1.54) is 31.2 Å². The number of rotatable bonds is 4. The van der Waals surface area contributed by atoms with Gasteiger partial charge in [0.25, 0.3) is 11.8 Å². The number of nitrogens with zero attached hydrogens (tertiary/aromatic N) is 1. The first-order valence-electron chi connectivity index (χ1n) is 6.37. The van der Waals surface area contributed by atoms with Crippen LogP contribution in [0.15, 0.2) is 18.2 Å². The SMILES string of the molecule is CN1C(=O)c2ccc(NCCC3CC3)cc2C1=O.